The minimum atomic E-state index is 0.179. The molecule has 5 heteroatoms. The summed E-state index contributed by atoms with van der Waals surface area (Å²) in [5.74, 6) is 1.09. The molecule has 0 spiro atoms. The fourth-order valence-corrected chi connectivity index (χ4v) is 2.49. The molecule has 2 heterocycles. The first-order valence-corrected chi connectivity index (χ1v) is 7.13. The van der Waals surface area contributed by atoms with Crippen molar-refractivity contribution < 1.29 is 0 Å². The number of fused-ring (bicyclic) bond motifs is 1. The molecular formula is C16H19N5. The lowest BCUT2D eigenvalue weighted by molar-refractivity contribution is 0.524. The number of rotatable bonds is 5. The van der Waals surface area contributed by atoms with E-state index in [1.165, 1.54) is 0 Å². The van der Waals surface area contributed by atoms with Crippen LogP contribution in [0.3, 0.4) is 0 Å². The van der Waals surface area contributed by atoms with Crippen molar-refractivity contribution in [2.45, 2.75) is 18.9 Å². The third-order valence-electron chi connectivity index (χ3n) is 3.75. The number of hydrogen-bond acceptors (Lipinski definition) is 4. The molecule has 0 fully saturated rings. The molecule has 21 heavy (non-hydrogen) atoms. The highest BCUT2D eigenvalue weighted by atomic mass is 15.0. The smallest absolute Gasteiger partial charge is 0.108 e. The highest BCUT2D eigenvalue weighted by Gasteiger charge is 2.13. The predicted molar refractivity (Wildman–Crippen MR) is 82.9 cm³/mol. The van der Waals surface area contributed by atoms with E-state index in [0.717, 1.165) is 35.4 Å². The van der Waals surface area contributed by atoms with Gasteiger partial charge in [0.25, 0.3) is 0 Å². The van der Waals surface area contributed by atoms with E-state index in [1.807, 2.05) is 57.0 Å². The van der Waals surface area contributed by atoms with Crippen molar-refractivity contribution in [3.63, 3.8) is 0 Å². The fraction of sp³-hybridized carbons (Fsp3) is 0.312. The Kier molecular flexibility index (Phi) is 3.92. The SMILES string of the molecule is CNC(CCc1nccn1C)c1cnc2ccccc2n1. The highest BCUT2D eigenvalue weighted by molar-refractivity contribution is 5.73. The number of aromatic nitrogens is 4. The van der Waals surface area contributed by atoms with Gasteiger partial charge in [-0.15, -0.1) is 0 Å². The quantitative estimate of drug-likeness (QED) is 0.779. The molecule has 0 aliphatic heterocycles. The van der Waals surface area contributed by atoms with Crippen LogP contribution in [-0.2, 0) is 13.5 Å². The summed E-state index contributed by atoms with van der Waals surface area (Å²) >= 11 is 0. The highest BCUT2D eigenvalue weighted by Crippen LogP contribution is 2.18. The molecule has 2 aromatic heterocycles. The Bertz CT molecular complexity index is 734. The lowest BCUT2D eigenvalue weighted by Gasteiger charge is -2.15. The molecule has 1 unspecified atom stereocenters. The van der Waals surface area contributed by atoms with Gasteiger partial charge in [-0.2, -0.15) is 0 Å². The van der Waals surface area contributed by atoms with Gasteiger partial charge >= 0.3 is 0 Å². The van der Waals surface area contributed by atoms with E-state index >= 15 is 0 Å². The summed E-state index contributed by atoms with van der Waals surface area (Å²) in [6.07, 6.45) is 7.51. The molecular weight excluding hydrogens is 262 g/mol. The van der Waals surface area contributed by atoms with E-state index in [0.29, 0.717) is 0 Å². The normalized spacial score (nSPS) is 12.7. The number of hydrogen-bond donors (Lipinski definition) is 1. The average molecular weight is 281 g/mol. The Balaban J connectivity index is 1.79. The molecule has 0 bridgehead atoms. The molecule has 0 saturated heterocycles. The molecule has 5 nitrogen and oxygen atoms in total. The topological polar surface area (TPSA) is 55.6 Å². The lowest BCUT2D eigenvalue weighted by atomic mass is 10.1. The van der Waals surface area contributed by atoms with Crippen LogP contribution in [-0.4, -0.2) is 26.6 Å². The van der Waals surface area contributed by atoms with Gasteiger partial charge in [-0.1, -0.05) is 12.1 Å². The van der Waals surface area contributed by atoms with Crippen LogP contribution in [0.15, 0.2) is 42.9 Å². The maximum absolute atomic E-state index is 4.72. The van der Waals surface area contributed by atoms with Crippen molar-refractivity contribution in [2.75, 3.05) is 7.05 Å². The van der Waals surface area contributed by atoms with Crippen molar-refractivity contribution in [3.05, 3.63) is 54.4 Å². The largest absolute Gasteiger partial charge is 0.338 e. The summed E-state index contributed by atoms with van der Waals surface area (Å²) in [6, 6.07) is 8.13. The molecule has 1 N–H and O–H groups in total. The molecule has 0 saturated carbocycles. The van der Waals surface area contributed by atoms with Gasteiger partial charge in [-0.05, 0) is 25.6 Å². The minimum absolute atomic E-state index is 0.179. The van der Waals surface area contributed by atoms with Crippen LogP contribution in [0.1, 0.15) is 24.0 Å². The number of benzene rings is 1. The maximum Gasteiger partial charge on any atom is 0.108 e. The second-order valence-electron chi connectivity index (χ2n) is 5.12. The lowest BCUT2D eigenvalue weighted by Crippen LogP contribution is -2.19. The van der Waals surface area contributed by atoms with E-state index in [9.17, 15) is 0 Å². The third-order valence-corrected chi connectivity index (χ3v) is 3.75. The van der Waals surface area contributed by atoms with E-state index < -0.39 is 0 Å². The summed E-state index contributed by atoms with van der Waals surface area (Å²) in [6.45, 7) is 0. The summed E-state index contributed by atoms with van der Waals surface area (Å²) in [5.41, 5.74) is 2.85. The van der Waals surface area contributed by atoms with Gasteiger partial charge in [0.05, 0.1) is 29.0 Å². The Morgan fingerprint density at radius 1 is 1.19 bits per heavy atom. The van der Waals surface area contributed by atoms with Gasteiger partial charge in [-0.25, -0.2) is 9.97 Å². The molecule has 3 aromatic rings. The van der Waals surface area contributed by atoms with Crippen molar-refractivity contribution in [1.29, 1.82) is 0 Å². The van der Waals surface area contributed by atoms with Crippen LogP contribution in [0.25, 0.3) is 11.0 Å². The first kappa shape index (κ1) is 13.7. The molecule has 1 aromatic carbocycles. The monoisotopic (exact) mass is 281 g/mol. The van der Waals surface area contributed by atoms with E-state index in [-0.39, 0.29) is 6.04 Å². The van der Waals surface area contributed by atoms with Gasteiger partial charge in [0, 0.05) is 25.9 Å². The standard InChI is InChI=1S/C16H19N5/c1-17-12(7-8-16-18-9-10-21(16)2)15-11-19-13-5-3-4-6-14(13)20-15/h3-6,9-12,17H,7-8H2,1-2H3. The molecule has 1 atom stereocenters. The molecule has 0 radical (unpaired) electrons. The van der Waals surface area contributed by atoms with Crippen molar-refractivity contribution in [3.8, 4) is 0 Å². The molecule has 0 aliphatic carbocycles. The summed E-state index contributed by atoms with van der Waals surface area (Å²) < 4.78 is 2.05. The van der Waals surface area contributed by atoms with Crippen LogP contribution >= 0.6 is 0 Å². The first-order chi connectivity index (χ1) is 10.3. The first-order valence-electron chi connectivity index (χ1n) is 7.13. The predicted octanol–water partition coefficient (Wildman–Crippen LogP) is 2.26. The van der Waals surface area contributed by atoms with Crippen LogP contribution in [0.4, 0.5) is 0 Å². The number of aryl methyl sites for hydroxylation is 2. The minimum Gasteiger partial charge on any atom is -0.338 e. The van der Waals surface area contributed by atoms with Crippen LogP contribution < -0.4 is 5.32 Å². The second kappa shape index (κ2) is 6.01. The van der Waals surface area contributed by atoms with Crippen molar-refractivity contribution in [1.82, 2.24) is 24.8 Å². The molecule has 0 amide bonds. The van der Waals surface area contributed by atoms with E-state index in [2.05, 4.69) is 19.9 Å². The number of para-hydroxylation sites is 2. The van der Waals surface area contributed by atoms with Crippen molar-refractivity contribution in [2.24, 2.45) is 7.05 Å². The second-order valence-corrected chi connectivity index (χ2v) is 5.12. The van der Waals surface area contributed by atoms with Crippen molar-refractivity contribution >= 4 is 11.0 Å². The van der Waals surface area contributed by atoms with Gasteiger partial charge in [0.1, 0.15) is 5.82 Å². The fourth-order valence-electron chi connectivity index (χ4n) is 2.49. The molecule has 0 aliphatic rings. The summed E-state index contributed by atoms with van der Waals surface area (Å²) in [4.78, 5) is 13.6. The van der Waals surface area contributed by atoms with Gasteiger partial charge in [0.2, 0.25) is 0 Å². The average Bonchev–Trinajstić information content (AvgIpc) is 2.93. The van der Waals surface area contributed by atoms with Gasteiger partial charge < -0.3 is 9.88 Å². The van der Waals surface area contributed by atoms with Crippen LogP contribution in [0, 0.1) is 0 Å². The maximum atomic E-state index is 4.72. The Morgan fingerprint density at radius 2 is 2.00 bits per heavy atom. The van der Waals surface area contributed by atoms with Gasteiger partial charge in [0.15, 0.2) is 0 Å². The Labute approximate surface area is 124 Å². The zero-order valence-corrected chi connectivity index (χ0v) is 12.3. The van der Waals surface area contributed by atoms with E-state index in [4.69, 9.17) is 4.98 Å². The van der Waals surface area contributed by atoms with E-state index in [1.54, 1.807) is 0 Å². The third kappa shape index (κ3) is 2.92. The van der Waals surface area contributed by atoms with Crippen LogP contribution in [0.5, 0.6) is 0 Å². The number of nitrogens with one attached hydrogen (secondary N) is 1. The Morgan fingerprint density at radius 3 is 2.71 bits per heavy atom. The number of imidazole rings is 1. The molecule has 3 rings (SSSR count). The molecule has 108 valence electrons. The zero-order valence-electron chi connectivity index (χ0n) is 12.3. The zero-order chi connectivity index (χ0) is 14.7. The summed E-state index contributed by atoms with van der Waals surface area (Å²) in [5, 5.41) is 3.33. The number of nitrogens with zero attached hydrogens (tertiary/aromatic N) is 4. The van der Waals surface area contributed by atoms with Gasteiger partial charge in [-0.3, -0.25) is 4.98 Å². The van der Waals surface area contributed by atoms with Crippen LogP contribution in [0.2, 0.25) is 0 Å². The summed E-state index contributed by atoms with van der Waals surface area (Å²) in [7, 11) is 3.98. The Hall–Kier alpha value is -2.27.